The summed E-state index contributed by atoms with van der Waals surface area (Å²) in [7, 11) is 1.81. The maximum absolute atomic E-state index is 12.7. The lowest BCUT2D eigenvalue weighted by atomic mass is 10.0. The molecule has 0 radical (unpaired) electrons. The van der Waals surface area contributed by atoms with Crippen LogP contribution in [0.5, 0.6) is 0 Å². The van der Waals surface area contributed by atoms with Crippen LogP contribution in [0.4, 0.5) is 0 Å². The lowest BCUT2D eigenvalue weighted by molar-refractivity contribution is -0.134. The minimum Gasteiger partial charge on any atom is -0.344 e. The van der Waals surface area contributed by atoms with Crippen LogP contribution in [-0.2, 0) is 22.4 Å². The zero-order chi connectivity index (χ0) is 18.4. The third kappa shape index (κ3) is 4.69. The number of amides is 2. The van der Waals surface area contributed by atoms with Gasteiger partial charge in [-0.3, -0.25) is 14.6 Å². The number of rotatable bonds is 5. The number of aryl methyl sites for hydroxylation is 1. The van der Waals surface area contributed by atoms with Gasteiger partial charge in [-0.05, 0) is 24.1 Å². The van der Waals surface area contributed by atoms with Crippen molar-refractivity contribution in [1.29, 1.82) is 0 Å². The Kier molecular flexibility index (Phi) is 6.00. The summed E-state index contributed by atoms with van der Waals surface area (Å²) in [4.78, 5) is 33.3. The number of pyridine rings is 1. The second kappa shape index (κ2) is 8.61. The zero-order valence-corrected chi connectivity index (χ0v) is 15.2. The topological polar surface area (TPSA) is 53.5 Å². The highest BCUT2D eigenvalue weighted by molar-refractivity contribution is 5.82. The smallest absolute Gasteiger partial charge is 0.227 e. The van der Waals surface area contributed by atoms with Crippen LogP contribution in [0, 0.1) is 5.92 Å². The second-order valence-electron chi connectivity index (χ2n) is 6.81. The van der Waals surface area contributed by atoms with Crippen molar-refractivity contribution in [3.05, 3.63) is 66.0 Å². The Morgan fingerprint density at radius 2 is 1.88 bits per heavy atom. The van der Waals surface area contributed by atoms with Crippen LogP contribution in [0.15, 0.2) is 54.7 Å². The van der Waals surface area contributed by atoms with Crippen molar-refractivity contribution in [3.8, 4) is 0 Å². The van der Waals surface area contributed by atoms with E-state index in [1.807, 2.05) is 60.5 Å². The number of aromatic nitrogens is 1. The Hall–Kier alpha value is -2.69. The lowest BCUT2D eigenvalue weighted by Crippen LogP contribution is -2.37. The first-order valence-electron chi connectivity index (χ1n) is 9.10. The Morgan fingerprint density at radius 3 is 2.62 bits per heavy atom. The summed E-state index contributed by atoms with van der Waals surface area (Å²) in [6.07, 6.45) is 3.50. The monoisotopic (exact) mass is 351 g/mol. The molecule has 0 spiro atoms. The molecule has 136 valence electrons. The van der Waals surface area contributed by atoms with Gasteiger partial charge in [0.05, 0.1) is 5.92 Å². The van der Waals surface area contributed by atoms with Gasteiger partial charge in [-0.25, -0.2) is 0 Å². The molecule has 2 aromatic rings. The quantitative estimate of drug-likeness (QED) is 0.830. The van der Waals surface area contributed by atoms with Crippen molar-refractivity contribution in [2.45, 2.75) is 19.3 Å². The largest absolute Gasteiger partial charge is 0.344 e. The number of hydrogen-bond donors (Lipinski definition) is 0. The molecule has 1 aliphatic rings. The highest BCUT2D eigenvalue weighted by atomic mass is 16.2. The Balaban J connectivity index is 1.65. The Morgan fingerprint density at radius 1 is 1.12 bits per heavy atom. The molecule has 1 aromatic heterocycles. The molecule has 26 heavy (non-hydrogen) atoms. The first kappa shape index (κ1) is 18.1. The summed E-state index contributed by atoms with van der Waals surface area (Å²) in [6.45, 7) is 1.64. The van der Waals surface area contributed by atoms with Gasteiger partial charge in [-0.2, -0.15) is 0 Å². The van der Waals surface area contributed by atoms with E-state index in [-0.39, 0.29) is 17.7 Å². The van der Waals surface area contributed by atoms with Crippen LogP contribution in [0.3, 0.4) is 0 Å². The van der Waals surface area contributed by atoms with Gasteiger partial charge >= 0.3 is 0 Å². The molecule has 0 aliphatic carbocycles. The summed E-state index contributed by atoms with van der Waals surface area (Å²) < 4.78 is 0. The molecule has 1 aromatic carbocycles. The van der Waals surface area contributed by atoms with Crippen molar-refractivity contribution >= 4 is 11.8 Å². The number of carbonyl (C=O) groups excluding carboxylic acids is 2. The predicted octanol–water partition coefficient (Wildman–Crippen LogP) is 2.17. The van der Waals surface area contributed by atoms with Crippen molar-refractivity contribution in [2.75, 3.05) is 26.7 Å². The average Bonchev–Trinajstić information content (AvgIpc) is 2.82. The van der Waals surface area contributed by atoms with Crippen LogP contribution in [0.1, 0.15) is 17.7 Å². The molecule has 1 saturated heterocycles. The van der Waals surface area contributed by atoms with E-state index < -0.39 is 0 Å². The number of likely N-dealkylation sites (N-methyl/N-ethyl adjacent to an activating group) is 1. The molecule has 1 atom stereocenters. The number of nitrogens with zero attached hydrogens (tertiary/aromatic N) is 3. The summed E-state index contributed by atoms with van der Waals surface area (Å²) in [5, 5.41) is 0. The van der Waals surface area contributed by atoms with Gasteiger partial charge in [0.1, 0.15) is 0 Å². The fraction of sp³-hybridized carbons (Fsp3) is 0.381. The van der Waals surface area contributed by atoms with E-state index >= 15 is 0 Å². The number of benzene rings is 1. The molecule has 2 amide bonds. The number of carbonyl (C=O) groups is 2. The normalized spacial score (nSPS) is 17.9. The lowest BCUT2D eigenvalue weighted by Gasteiger charge is -2.23. The van der Waals surface area contributed by atoms with Gasteiger partial charge in [0.25, 0.3) is 0 Å². The molecule has 1 fully saturated rings. The van der Waals surface area contributed by atoms with Crippen molar-refractivity contribution in [1.82, 2.24) is 14.8 Å². The SMILES string of the molecule is CN1CCN(C(=O)CCc2ccccc2)C[C@H](Cc2ccccn2)C1=O. The Bertz CT molecular complexity index is 733. The summed E-state index contributed by atoms with van der Waals surface area (Å²) in [6, 6.07) is 15.8. The van der Waals surface area contributed by atoms with Gasteiger partial charge in [-0.15, -0.1) is 0 Å². The molecule has 2 heterocycles. The van der Waals surface area contributed by atoms with Crippen molar-refractivity contribution in [3.63, 3.8) is 0 Å². The molecule has 0 unspecified atom stereocenters. The molecule has 0 bridgehead atoms. The van der Waals surface area contributed by atoms with Crippen LogP contribution >= 0.6 is 0 Å². The maximum Gasteiger partial charge on any atom is 0.227 e. The first-order chi connectivity index (χ1) is 12.6. The molecule has 5 heteroatoms. The van der Waals surface area contributed by atoms with Crippen molar-refractivity contribution < 1.29 is 9.59 Å². The fourth-order valence-corrected chi connectivity index (χ4v) is 3.33. The molecule has 1 aliphatic heterocycles. The van der Waals surface area contributed by atoms with Crippen molar-refractivity contribution in [2.24, 2.45) is 5.92 Å². The second-order valence-corrected chi connectivity index (χ2v) is 6.81. The first-order valence-corrected chi connectivity index (χ1v) is 9.10. The van der Waals surface area contributed by atoms with Crippen LogP contribution in [-0.4, -0.2) is 53.3 Å². The van der Waals surface area contributed by atoms with E-state index in [1.165, 1.54) is 0 Å². The van der Waals surface area contributed by atoms with Gasteiger partial charge in [0.2, 0.25) is 11.8 Å². The van der Waals surface area contributed by atoms with Crippen LogP contribution in [0.25, 0.3) is 0 Å². The van der Waals surface area contributed by atoms with E-state index in [0.29, 0.717) is 32.5 Å². The van der Waals surface area contributed by atoms with E-state index in [0.717, 1.165) is 17.7 Å². The Labute approximate surface area is 154 Å². The van der Waals surface area contributed by atoms with Crippen LogP contribution < -0.4 is 0 Å². The van der Waals surface area contributed by atoms with Gasteiger partial charge < -0.3 is 9.80 Å². The van der Waals surface area contributed by atoms with E-state index in [1.54, 1.807) is 11.1 Å². The average molecular weight is 351 g/mol. The molecule has 0 saturated carbocycles. The highest BCUT2D eigenvalue weighted by Crippen LogP contribution is 2.16. The molecule has 5 nitrogen and oxygen atoms in total. The zero-order valence-electron chi connectivity index (χ0n) is 15.2. The minimum atomic E-state index is -0.238. The fourth-order valence-electron chi connectivity index (χ4n) is 3.33. The third-order valence-electron chi connectivity index (χ3n) is 4.88. The van der Waals surface area contributed by atoms with Gasteiger partial charge in [-0.1, -0.05) is 36.4 Å². The van der Waals surface area contributed by atoms with Crippen LogP contribution in [0.2, 0.25) is 0 Å². The highest BCUT2D eigenvalue weighted by Gasteiger charge is 2.30. The molecular formula is C21H25N3O2. The summed E-state index contributed by atoms with van der Waals surface area (Å²) in [5.41, 5.74) is 2.05. The van der Waals surface area contributed by atoms with Gasteiger partial charge in [0, 0.05) is 51.4 Å². The minimum absolute atomic E-state index is 0.0917. The predicted molar refractivity (Wildman–Crippen MR) is 100 cm³/mol. The standard InChI is InChI=1S/C21H25N3O2/c1-23-13-14-24(20(25)11-10-17-7-3-2-4-8-17)16-18(21(23)26)15-19-9-5-6-12-22-19/h2-9,12,18H,10-11,13-16H2,1H3/t18-/m0/s1. The summed E-state index contributed by atoms with van der Waals surface area (Å²) in [5.74, 6) is -0.0324. The molecular weight excluding hydrogens is 326 g/mol. The van der Waals surface area contributed by atoms with E-state index in [2.05, 4.69) is 4.98 Å². The molecule has 3 rings (SSSR count). The van der Waals surface area contributed by atoms with Gasteiger partial charge in [0.15, 0.2) is 0 Å². The number of hydrogen-bond acceptors (Lipinski definition) is 3. The molecule has 0 N–H and O–H groups in total. The third-order valence-corrected chi connectivity index (χ3v) is 4.88. The van der Waals surface area contributed by atoms with E-state index in [4.69, 9.17) is 0 Å². The summed E-state index contributed by atoms with van der Waals surface area (Å²) >= 11 is 0. The maximum atomic E-state index is 12.7. The van der Waals surface area contributed by atoms with E-state index in [9.17, 15) is 9.59 Å².